The maximum Gasteiger partial charge on any atom is 0.323 e. The van der Waals surface area contributed by atoms with E-state index < -0.39 is 12.0 Å². The number of rotatable bonds is 6. The summed E-state index contributed by atoms with van der Waals surface area (Å²) in [5, 5.41) is 0. The van der Waals surface area contributed by atoms with Gasteiger partial charge in [0, 0.05) is 6.42 Å². The van der Waals surface area contributed by atoms with Gasteiger partial charge in [-0.2, -0.15) is 0 Å². The first-order valence-corrected chi connectivity index (χ1v) is 7.90. The first kappa shape index (κ1) is 20.9. The molecule has 0 aliphatic carbocycles. The fraction of sp³-hybridized carbons (Fsp3) is 0.882. The molecule has 0 fully saturated rings. The zero-order valence-electron chi connectivity index (χ0n) is 15.4. The highest BCUT2D eigenvalue weighted by Gasteiger charge is 2.27. The van der Waals surface area contributed by atoms with Gasteiger partial charge in [0.15, 0.2) is 0 Å². The zero-order valence-corrected chi connectivity index (χ0v) is 15.4. The van der Waals surface area contributed by atoms with Crippen LogP contribution in [0.15, 0.2) is 0 Å². The Kier molecular flexibility index (Phi) is 7.55. The number of hydrogen-bond donors (Lipinski definition) is 1. The molecule has 2 N–H and O–H groups in total. The number of carbonyl (C=O) groups is 2. The topological polar surface area (TPSA) is 78.6 Å². The quantitative estimate of drug-likeness (QED) is 0.762. The normalized spacial score (nSPS) is 16.6. The van der Waals surface area contributed by atoms with Crippen molar-refractivity contribution in [3.63, 3.8) is 0 Å². The Balaban J connectivity index is 4.25. The molecule has 0 aliphatic heterocycles. The highest BCUT2D eigenvalue weighted by molar-refractivity contribution is 5.77. The lowest BCUT2D eigenvalue weighted by atomic mass is 9.90. The number of nitrogens with two attached hydrogens (primary N) is 1. The number of hydrogen-bond acceptors (Lipinski definition) is 5. The molecule has 130 valence electrons. The molecule has 0 saturated heterocycles. The van der Waals surface area contributed by atoms with E-state index in [0.29, 0.717) is 0 Å². The van der Waals surface area contributed by atoms with Crippen molar-refractivity contribution >= 4 is 11.9 Å². The standard InChI is InChI=1S/C17H33NO4/c1-11(16(3,4)5)21-14(19)10-9-13(18)15(20)22-12(2)17(6,7)8/h11-13H,9-10,18H2,1-8H3/t11-,12-,13+/m0/s1. The minimum Gasteiger partial charge on any atom is -0.462 e. The molecule has 5 heteroatoms. The molecule has 0 aromatic rings. The van der Waals surface area contributed by atoms with Crippen LogP contribution in [0.5, 0.6) is 0 Å². The van der Waals surface area contributed by atoms with Gasteiger partial charge in [0.1, 0.15) is 18.2 Å². The molecule has 0 spiro atoms. The predicted molar refractivity (Wildman–Crippen MR) is 87.2 cm³/mol. The molecule has 0 unspecified atom stereocenters. The van der Waals surface area contributed by atoms with Crippen molar-refractivity contribution in [1.82, 2.24) is 0 Å². The number of ether oxygens (including phenoxy) is 2. The molecule has 0 amide bonds. The van der Waals surface area contributed by atoms with Crippen molar-refractivity contribution in [2.75, 3.05) is 0 Å². The number of carbonyl (C=O) groups excluding carboxylic acids is 2. The van der Waals surface area contributed by atoms with Crippen molar-refractivity contribution in [3.8, 4) is 0 Å². The Hall–Kier alpha value is -1.10. The minimum atomic E-state index is -0.803. The molecule has 0 aromatic heterocycles. The smallest absolute Gasteiger partial charge is 0.323 e. The molecule has 22 heavy (non-hydrogen) atoms. The lowest BCUT2D eigenvalue weighted by molar-refractivity contribution is -0.156. The third kappa shape index (κ3) is 7.78. The van der Waals surface area contributed by atoms with Crippen molar-refractivity contribution in [2.45, 2.75) is 86.5 Å². The molecule has 0 saturated carbocycles. The van der Waals surface area contributed by atoms with Crippen molar-refractivity contribution in [2.24, 2.45) is 16.6 Å². The molecule has 0 heterocycles. The summed E-state index contributed by atoms with van der Waals surface area (Å²) >= 11 is 0. The molecular weight excluding hydrogens is 282 g/mol. The summed E-state index contributed by atoms with van der Waals surface area (Å²) in [5.41, 5.74) is 5.54. The van der Waals surface area contributed by atoms with Gasteiger partial charge >= 0.3 is 11.9 Å². The van der Waals surface area contributed by atoms with E-state index in [-0.39, 0.29) is 41.8 Å². The van der Waals surface area contributed by atoms with Crippen molar-refractivity contribution < 1.29 is 19.1 Å². The second kappa shape index (κ2) is 7.95. The van der Waals surface area contributed by atoms with Gasteiger partial charge in [0.2, 0.25) is 0 Å². The van der Waals surface area contributed by atoms with Crippen LogP contribution in [0.25, 0.3) is 0 Å². The third-order valence-electron chi connectivity index (χ3n) is 4.00. The second-order valence-corrected chi connectivity index (χ2v) is 8.09. The third-order valence-corrected chi connectivity index (χ3v) is 4.00. The van der Waals surface area contributed by atoms with Crippen LogP contribution in [0, 0.1) is 10.8 Å². The first-order valence-electron chi connectivity index (χ1n) is 7.90. The van der Waals surface area contributed by atoms with Gasteiger partial charge in [-0.25, -0.2) is 0 Å². The van der Waals surface area contributed by atoms with E-state index >= 15 is 0 Å². The average Bonchev–Trinajstić information content (AvgIpc) is 2.33. The van der Waals surface area contributed by atoms with E-state index in [0.717, 1.165) is 0 Å². The highest BCUT2D eigenvalue weighted by Crippen LogP contribution is 2.23. The van der Waals surface area contributed by atoms with Gasteiger partial charge in [-0.3, -0.25) is 9.59 Å². The van der Waals surface area contributed by atoms with E-state index in [9.17, 15) is 9.59 Å². The van der Waals surface area contributed by atoms with Crippen LogP contribution in [0.1, 0.15) is 68.2 Å². The largest absolute Gasteiger partial charge is 0.462 e. The lowest BCUT2D eigenvalue weighted by Crippen LogP contribution is -2.38. The van der Waals surface area contributed by atoms with Crippen molar-refractivity contribution in [1.29, 1.82) is 0 Å². The monoisotopic (exact) mass is 315 g/mol. The first-order chi connectivity index (χ1) is 9.75. The summed E-state index contributed by atoms with van der Waals surface area (Å²) in [6.07, 6.45) is -0.0885. The molecule has 5 nitrogen and oxygen atoms in total. The zero-order chi connectivity index (χ0) is 17.7. The van der Waals surface area contributed by atoms with Crippen LogP contribution >= 0.6 is 0 Å². The Morgan fingerprint density at radius 2 is 1.32 bits per heavy atom. The highest BCUT2D eigenvalue weighted by atomic mass is 16.5. The van der Waals surface area contributed by atoms with Gasteiger partial charge in [-0.1, -0.05) is 41.5 Å². The lowest BCUT2D eigenvalue weighted by Gasteiger charge is -2.28. The molecule has 3 atom stereocenters. The van der Waals surface area contributed by atoms with Crippen LogP contribution in [-0.4, -0.2) is 30.2 Å². The van der Waals surface area contributed by atoms with E-state index in [4.69, 9.17) is 15.2 Å². The Bertz CT molecular complexity index is 379. The van der Waals surface area contributed by atoms with Gasteiger partial charge in [0.25, 0.3) is 0 Å². The summed E-state index contributed by atoms with van der Waals surface area (Å²) in [7, 11) is 0. The maximum atomic E-state index is 11.9. The predicted octanol–water partition coefficient (Wildman–Crippen LogP) is 3.05. The maximum absolute atomic E-state index is 11.9. The fourth-order valence-electron chi connectivity index (χ4n) is 1.26. The van der Waals surface area contributed by atoms with Crippen LogP contribution in [-0.2, 0) is 19.1 Å². The van der Waals surface area contributed by atoms with Gasteiger partial charge in [-0.15, -0.1) is 0 Å². The molecular formula is C17H33NO4. The molecule has 0 aliphatic rings. The van der Waals surface area contributed by atoms with Crippen LogP contribution in [0.3, 0.4) is 0 Å². The van der Waals surface area contributed by atoms with E-state index in [1.54, 1.807) is 0 Å². The fourth-order valence-corrected chi connectivity index (χ4v) is 1.26. The molecule has 0 rings (SSSR count). The van der Waals surface area contributed by atoms with Crippen LogP contribution < -0.4 is 5.73 Å². The Labute approximate surface area is 134 Å². The summed E-state index contributed by atoms with van der Waals surface area (Å²) in [4.78, 5) is 23.7. The van der Waals surface area contributed by atoms with E-state index in [2.05, 4.69) is 0 Å². The molecule has 0 aromatic carbocycles. The van der Waals surface area contributed by atoms with Crippen molar-refractivity contribution in [3.05, 3.63) is 0 Å². The number of esters is 2. The SMILES string of the molecule is C[C@H](OC(=O)CC[C@@H](N)C(=O)O[C@@H](C)C(C)(C)C)C(C)(C)C. The second-order valence-electron chi connectivity index (χ2n) is 8.09. The van der Waals surface area contributed by atoms with Gasteiger partial charge in [-0.05, 0) is 31.1 Å². The molecule has 0 radical (unpaired) electrons. The Morgan fingerprint density at radius 3 is 1.73 bits per heavy atom. The Morgan fingerprint density at radius 1 is 0.909 bits per heavy atom. The van der Waals surface area contributed by atoms with Crippen LogP contribution in [0.2, 0.25) is 0 Å². The minimum absolute atomic E-state index is 0.112. The van der Waals surface area contributed by atoms with Gasteiger partial charge < -0.3 is 15.2 Å². The summed E-state index contributed by atoms with van der Waals surface area (Å²) < 4.78 is 10.7. The summed E-state index contributed by atoms with van der Waals surface area (Å²) in [6.45, 7) is 15.7. The van der Waals surface area contributed by atoms with E-state index in [1.807, 2.05) is 55.4 Å². The summed E-state index contributed by atoms with van der Waals surface area (Å²) in [5.74, 6) is -0.811. The van der Waals surface area contributed by atoms with Crippen LogP contribution in [0.4, 0.5) is 0 Å². The molecule has 0 bridgehead atoms. The van der Waals surface area contributed by atoms with E-state index in [1.165, 1.54) is 0 Å². The summed E-state index contributed by atoms with van der Waals surface area (Å²) in [6, 6.07) is -0.803. The van der Waals surface area contributed by atoms with Gasteiger partial charge in [0.05, 0.1) is 0 Å². The average molecular weight is 315 g/mol.